The molecule has 0 saturated heterocycles. The van der Waals surface area contributed by atoms with E-state index < -0.39 is 0 Å². The number of pyridine rings is 2. The lowest BCUT2D eigenvalue weighted by Gasteiger charge is -2.05. The molecule has 2 aromatic rings. The summed E-state index contributed by atoms with van der Waals surface area (Å²) in [5.74, 6) is 1.65. The Labute approximate surface area is 89.2 Å². The quantitative estimate of drug-likeness (QED) is 0.808. The SMILES string of the molecule is Cc1ccnc(Nc2cc(C)ccn2)c1. The van der Waals surface area contributed by atoms with Crippen molar-refractivity contribution in [2.75, 3.05) is 5.32 Å². The minimum atomic E-state index is 0.827. The Morgan fingerprint density at radius 3 is 1.73 bits per heavy atom. The topological polar surface area (TPSA) is 37.8 Å². The smallest absolute Gasteiger partial charge is 0.131 e. The maximum Gasteiger partial charge on any atom is 0.131 e. The molecule has 2 aromatic heterocycles. The molecule has 0 unspecified atom stereocenters. The fourth-order valence-electron chi connectivity index (χ4n) is 1.34. The zero-order valence-electron chi connectivity index (χ0n) is 8.86. The first kappa shape index (κ1) is 9.65. The predicted molar refractivity (Wildman–Crippen MR) is 61.2 cm³/mol. The van der Waals surface area contributed by atoms with E-state index in [2.05, 4.69) is 15.3 Å². The van der Waals surface area contributed by atoms with Gasteiger partial charge in [0.05, 0.1) is 0 Å². The van der Waals surface area contributed by atoms with Crippen LogP contribution in [0.5, 0.6) is 0 Å². The number of hydrogen-bond donors (Lipinski definition) is 1. The minimum Gasteiger partial charge on any atom is -0.325 e. The van der Waals surface area contributed by atoms with Gasteiger partial charge in [0, 0.05) is 12.4 Å². The minimum absolute atomic E-state index is 0.827. The Bertz CT molecular complexity index is 422. The van der Waals surface area contributed by atoms with Gasteiger partial charge in [0.25, 0.3) is 0 Å². The van der Waals surface area contributed by atoms with Gasteiger partial charge in [-0.1, -0.05) is 0 Å². The number of hydrogen-bond acceptors (Lipinski definition) is 3. The predicted octanol–water partition coefficient (Wildman–Crippen LogP) is 2.84. The molecule has 0 bridgehead atoms. The summed E-state index contributed by atoms with van der Waals surface area (Å²) in [6.07, 6.45) is 3.57. The third kappa shape index (κ3) is 2.53. The molecular formula is C12H13N3. The molecule has 0 atom stereocenters. The van der Waals surface area contributed by atoms with E-state index in [-0.39, 0.29) is 0 Å². The van der Waals surface area contributed by atoms with Crippen molar-refractivity contribution in [3.8, 4) is 0 Å². The molecule has 0 aliphatic rings. The molecule has 0 saturated carbocycles. The molecule has 15 heavy (non-hydrogen) atoms. The lowest BCUT2D eigenvalue weighted by molar-refractivity contribution is 1.22. The molecule has 3 nitrogen and oxygen atoms in total. The van der Waals surface area contributed by atoms with Crippen molar-refractivity contribution in [2.24, 2.45) is 0 Å². The first-order chi connectivity index (χ1) is 7.24. The van der Waals surface area contributed by atoms with E-state index in [9.17, 15) is 0 Å². The standard InChI is InChI=1S/C12H13N3/c1-9-3-5-13-11(7-9)15-12-8-10(2)4-6-14-12/h3-8H,1-2H3,(H,13,14,15). The first-order valence-corrected chi connectivity index (χ1v) is 4.86. The highest BCUT2D eigenvalue weighted by Gasteiger charge is 1.97. The number of nitrogens with one attached hydrogen (secondary N) is 1. The summed E-state index contributed by atoms with van der Waals surface area (Å²) in [5, 5.41) is 3.16. The van der Waals surface area contributed by atoms with Crippen molar-refractivity contribution < 1.29 is 0 Å². The Kier molecular flexibility index (Phi) is 2.63. The molecule has 0 aliphatic heterocycles. The molecule has 1 N–H and O–H groups in total. The summed E-state index contributed by atoms with van der Waals surface area (Å²) >= 11 is 0. The number of aryl methyl sites for hydroxylation is 2. The van der Waals surface area contributed by atoms with E-state index in [1.54, 1.807) is 12.4 Å². The summed E-state index contributed by atoms with van der Waals surface area (Å²) in [5.41, 5.74) is 2.36. The van der Waals surface area contributed by atoms with Crippen molar-refractivity contribution in [2.45, 2.75) is 13.8 Å². The number of nitrogens with zero attached hydrogens (tertiary/aromatic N) is 2. The van der Waals surface area contributed by atoms with Gasteiger partial charge in [0.2, 0.25) is 0 Å². The van der Waals surface area contributed by atoms with Gasteiger partial charge in [0.1, 0.15) is 11.6 Å². The van der Waals surface area contributed by atoms with E-state index in [1.165, 1.54) is 11.1 Å². The lowest BCUT2D eigenvalue weighted by atomic mass is 10.3. The average Bonchev–Trinajstić information content (AvgIpc) is 2.17. The fourth-order valence-corrected chi connectivity index (χ4v) is 1.34. The monoisotopic (exact) mass is 199 g/mol. The molecule has 0 aliphatic carbocycles. The summed E-state index contributed by atoms with van der Waals surface area (Å²) in [7, 11) is 0. The van der Waals surface area contributed by atoms with Gasteiger partial charge in [-0.2, -0.15) is 0 Å². The Hall–Kier alpha value is -1.90. The van der Waals surface area contributed by atoms with E-state index in [4.69, 9.17) is 0 Å². The highest BCUT2D eigenvalue weighted by Crippen LogP contribution is 2.13. The lowest BCUT2D eigenvalue weighted by Crippen LogP contribution is -1.96. The van der Waals surface area contributed by atoms with Crippen molar-refractivity contribution in [1.29, 1.82) is 0 Å². The number of anilines is 2. The molecule has 76 valence electrons. The normalized spacial score (nSPS) is 10.0. The van der Waals surface area contributed by atoms with Crippen LogP contribution in [0.2, 0.25) is 0 Å². The van der Waals surface area contributed by atoms with E-state index in [0.29, 0.717) is 0 Å². The van der Waals surface area contributed by atoms with Gasteiger partial charge in [-0.25, -0.2) is 9.97 Å². The van der Waals surface area contributed by atoms with Crippen LogP contribution in [-0.2, 0) is 0 Å². The Morgan fingerprint density at radius 1 is 0.867 bits per heavy atom. The maximum atomic E-state index is 4.21. The third-order valence-electron chi connectivity index (χ3n) is 2.09. The fraction of sp³-hybridized carbons (Fsp3) is 0.167. The van der Waals surface area contributed by atoms with Crippen LogP contribution in [0.15, 0.2) is 36.7 Å². The average molecular weight is 199 g/mol. The van der Waals surface area contributed by atoms with Crippen molar-refractivity contribution in [3.05, 3.63) is 47.8 Å². The zero-order chi connectivity index (χ0) is 10.7. The van der Waals surface area contributed by atoms with Crippen molar-refractivity contribution in [3.63, 3.8) is 0 Å². The molecular weight excluding hydrogens is 186 g/mol. The van der Waals surface area contributed by atoms with Crippen LogP contribution in [0.1, 0.15) is 11.1 Å². The van der Waals surface area contributed by atoms with Crippen LogP contribution in [-0.4, -0.2) is 9.97 Å². The summed E-state index contributed by atoms with van der Waals surface area (Å²) in [6, 6.07) is 7.91. The maximum absolute atomic E-state index is 4.21. The van der Waals surface area contributed by atoms with Gasteiger partial charge >= 0.3 is 0 Å². The van der Waals surface area contributed by atoms with Gasteiger partial charge in [0.15, 0.2) is 0 Å². The molecule has 0 fully saturated rings. The number of aromatic nitrogens is 2. The Morgan fingerprint density at radius 2 is 1.33 bits per heavy atom. The first-order valence-electron chi connectivity index (χ1n) is 4.86. The van der Waals surface area contributed by atoms with E-state index in [0.717, 1.165) is 11.6 Å². The molecule has 0 radical (unpaired) electrons. The highest BCUT2D eigenvalue weighted by molar-refractivity contribution is 5.52. The molecule has 2 rings (SSSR count). The Balaban J connectivity index is 2.22. The van der Waals surface area contributed by atoms with Crippen LogP contribution < -0.4 is 5.32 Å². The van der Waals surface area contributed by atoms with Crippen LogP contribution in [0, 0.1) is 13.8 Å². The molecule has 2 heterocycles. The highest BCUT2D eigenvalue weighted by atomic mass is 15.0. The van der Waals surface area contributed by atoms with Gasteiger partial charge < -0.3 is 5.32 Å². The van der Waals surface area contributed by atoms with Crippen LogP contribution >= 0.6 is 0 Å². The van der Waals surface area contributed by atoms with Crippen LogP contribution in [0.25, 0.3) is 0 Å². The van der Waals surface area contributed by atoms with E-state index in [1.807, 2.05) is 38.1 Å². The second kappa shape index (κ2) is 4.09. The summed E-state index contributed by atoms with van der Waals surface area (Å²) in [6.45, 7) is 4.08. The molecule has 3 heteroatoms. The molecule has 0 spiro atoms. The van der Waals surface area contributed by atoms with Gasteiger partial charge in [-0.3, -0.25) is 0 Å². The van der Waals surface area contributed by atoms with Gasteiger partial charge in [-0.15, -0.1) is 0 Å². The zero-order valence-corrected chi connectivity index (χ0v) is 8.86. The van der Waals surface area contributed by atoms with Gasteiger partial charge in [-0.05, 0) is 49.2 Å². The largest absolute Gasteiger partial charge is 0.325 e. The molecule has 0 aromatic carbocycles. The second-order valence-corrected chi connectivity index (χ2v) is 3.56. The summed E-state index contributed by atoms with van der Waals surface area (Å²) in [4.78, 5) is 8.43. The van der Waals surface area contributed by atoms with Crippen LogP contribution in [0.3, 0.4) is 0 Å². The second-order valence-electron chi connectivity index (χ2n) is 3.56. The third-order valence-corrected chi connectivity index (χ3v) is 2.09. The molecule has 0 amide bonds. The number of rotatable bonds is 2. The van der Waals surface area contributed by atoms with Crippen molar-refractivity contribution >= 4 is 11.6 Å². The van der Waals surface area contributed by atoms with Crippen LogP contribution in [0.4, 0.5) is 11.6 Å². The van der Waals surface area contributed by atoms with Crippen molar-refractivity contribution in [1.82, 2.24) is 9.97 Å². The van der Waals surface area contributed by atoms with E-state index >= 15 is 0 Å². The summed E-state index contributed by atoms with van der Waals surface area (Å²) < 4.78 is 0.